The average Bonchev–Trinajstić information content (AvgIpc) is 3.41. The van der Waals surface area contributed by atoms with Gasteiger partial charge in [0, 0.05) is 29.3 Å². The molecule has 152 valence electrons. The fourth-order valence-electron chi connectivity index (χ4n) is 2.86. The Labute approximate surface area is 175 Å². The van der Waals surface area contributed by atoms with Crippen molar-refractivity contribution in [3.8, 4) is 22.6 Å². The summed E-state index contributed by atoms with van der Waals surface area (Å²) in [6.07, 6.45) is 3.07. The first-order valence-corrected chi connectivity index (χ1v) is 10.2. The van der Waals surface area contributed by atoms with E-state index < -0.39 is 11.6 Å². The number of anilines is 1. The van der Waals surface area contributed by atoms with E-state index >= 15 is 0 Å². The first-order chi connectivity index (χ1) is 14.6. The maximum Gasteiger partial charge on any atom is 0.226 e. The van der Waals surface area contributed by atoms with Gasteiger partial charge >= 0.3 is 0 Å². The predicted octanol–water partition coefficient (Wildman–Crippen LogP) is 5.70. The Morgan fingerprint density at radius 3 is 2.70 bits per heavy atom. The van der Waals surface area contributed by atoms with Gasteiger partial charge in [-0.3, -0.25) is 4.79 Å². The summed E-state index contributed by atoms with van der Waals surface area (Å²) < 4.78 is 32.2. The molecule has 0 aliphatic heterocycles. The van der Waals surface area contributed by atoms with Crippen LogP contribution in [-0.4, -0.2) is 15.9 Å². The Kier molecular flexibility index (Phi) is 5.94. The number of benzene rings is 2. The Morgan fingerprint density at radius 1 is 1.07 bits per heavy atom. The van der Waals surface area contributed by atoms with Gasteiger partial charge in [0.15, 0.2) is 28.4 Å². The average molecular weight is 425 g/mol. The van der Waals surface area contributed by atoms with E-state index in [4.69, 9.17) is 4.42 Å². The van der Waals surface area contributed by atoms with Gasteiger partial charge < -0.3 is 9.73 Å². The van der Waals surface area contributed by atoms with Crippen LogP contribution < -0.4 is 5.32 Å². The number of thiazole rings is 1. The molecule has 2 aromatic carbocycles. The molecule has 0 radical (unpaired) electrons. The summed E-state index contributed by atoms with van der Waals surface area (Å²) in [5, 5.41) is 4.81. The van der Waals surface area contributed by atoms with Gasteiger partial charge in [-0.15, -0.1) is 11.3 Å². The first-order valence-electron chi connectivity index (χ1n) is 9.29. The molecule has 0 fully saturated rings. The molecule has 0 aliphatic rings. The van der Waals surface area contributed by atoms with E-state index in [0.29, 0.717) is 40.9 Å². The molecule has 2 aromatic heterocycles. The molecule has 4 aromatic rings. The van der Waals surface area contributed by atoms with Crippen molar-refractivity contribution in [1.82, 2.24) is 9.97 Å². The minimum Gasteiger partial charge on any atom is -0.441 e. The third-order valence-electron chi connectivity index (χ3n) is 4.37. The Morgan fingerprint density at radius 2 is 1.90 bits per heavy atom. The van der Waals surface area contributed by atoms with Crippen LogP contribution in [0.25, 0.3) is 22.6 Å². The van der Waals surface area contributed by atoms with Crippen LogP contribution >= 0.6 is 11.3 Å². The van der Waals surface area contributed by atoms with E-state index in [-0.39, 0.29) is 12.3 Å². The third kappa shape index (κ3) is 4.77. The summed E-state index contributed by atoms with van der Waals surface area (Å²) in [5.41, 5.74) is 1.88. The maximum absolute atomic E-state index is 13.4. The third-order valence-corrected chi connectivity index (χ3v) is 5.13. The second-order valence-corrected chi connectivity index (χ2v) is 7.41. The molecular formula is C22H17F2N3O2S. The minimum atomic E-state index is -0.937. The van der Waals surface area contributed by atoms with E-state index in [2.05, 4.69) is 15.3 Å². The van der Waals surface area contributed by atoms with Gasteiger partial charge in [0.1, 0.15) is 0 Å². The lowest BCUT2D eigenvalue weighted by molar-refractivity contribution is -0.116. The van der Waals surface area contributed by atoms with Crippen molar-refractivity contribution in [3.63, 3.8) is 0 Å². The van der Waals surface area contributed by atoms with Gasteiger partial charge in [-0.2, -0.15) is 0 Å². The van der Waals surface area contributed by atoms with Crippen LogP contribution in [0.4, 0.5) is 13.9 Å². The summed E-state index contributed by atoms with van der Waals surface area (Å²) in [4.78, 5) is 20.7. The van der Waals surface area contributed by atoms with Gasteiger partial charge in [-0.25, -0.2) is 18.7 Å². The number of hydrogen-bond donors (Lipinski definition) is 1. The van der Waals surface area contributed by atoms with Crippen LogP contribution in [-0.2, 0) is 11.2 Å². The number of aromatic nitrogens is 2. The number of aryl methyl sites for hydroxylation is 1. The van der Waals surface area contributed by atoms with E-state index in [1.165, 1.54) is 17.4 Å². The Hall–Kier alpha value is -3.39. The topological polar surface area (TPSA) is 68.0 Å². The van der Waals surface area contributed by atoms with Crippen molar-refractivity contribution >= 4 is 22.4 Å². The zero-order valence-electron chi connectivity index (χ0n) is 15.8. The predicted molar refractivity (Wildman–Crippen MR) is 111 cm³/mol. The van der Waals surface area contributed by atoms with E-state index in [1.54, 1.807) is 11.6 Å². The van der Waals surface area contributed by atoms with Gasteiger partial charge in [0.25, 0.3) is 0 Å². The number of nitrogens with one attached hydrogen (secondary N) is 1. The molecule has 0 saturated carbocycles. The lowest BCUT2D eigenvalue weighted by Crippen LogP contribution is -2.11. The first kappa shape index (κ1) is 19.9. The van der Waals surface area contributed by atoms with Crippen LogP contribution in [0.15, 0.2) is 64.5 Å². The Bertz CT molecular complexity index is 1160. The van der Waals surface area contributed by atoms with Crippen molar-refractivity contribution < 1.29 is 18.0 Å². The van der Waals surface area contributed by atoms with E-state index in [9.17, 15) is 13.6 Å². The second kappa shape index (κ2) is 8.96. The molecule has 30 heavy (non-hydrogen) atoms. The van der Waals surface area contributed by atoms with Crippen molar-refractivity contribution in [1.29, 1.82) is 0 Å². The van der Waals surface area contributed by atoms with Crippen molar-refractivity contribution in [2.24, 2.45) is 0 Å². The molecule has 8 heteroatoms. The molecule has 0 spiro atoms. The second-order valence-electron chi connectivity index (χ2n) is 6.55. The van der Waals surface area contributed by atoms with Crippen LogP contribution in [0.3, 0.4) is 0 Å². The molecule has 2 heterocycles. The van der Waals surface area contributed by atoms with Crippen LogP contribution in [0.1, 0.15) is 18.7 Å². The molecule has 1 amide bonds. The van der Waals surface area contributed by atoms with Gasteiger partial charge in [-0.1, -0.05) is 30.3 Å². The largest absolute Gasteiger partial charge is 0.441 e. The molecular weight excluding hydrogens is 408 g/mol. The fraction of sp³-hybridized carbons (Fsp3) is 0.136. The summed E-state index contributed by atoms with van der Waals surface area (Å²) >= 11 is 1.22. The standard InChI is InChI=1S/C22H17F2N3O2S/c23-16-10-9-15(11-17(16)24)18-13-30-22(26-18)27-20(28)7-4-8-21-25-12-19(29-21)14-5-2-1-3-6-14/h1-3,5-6,9-13H,4,7-8H2,(H,26,27,28). The monoisotopic (exact) mass is 425 g/mol. The zero-order chi connectivity index (χ0) is 20.9. The summed E-state index contributed by atoms with van der Waals surface area (Å²) in [6.45, 7) is 0. The number of hydrogen-bond acceptors (Lipinski definition) is 5. The number of rotatable bonds is 7. The summed E-state index contributed by atoms with van der Waals surface area (Å²) in [7, 11) is 0. The van der Waals surface area contributed by atoms with Gasteiger partial charge in [0.05, 0.1) is 11.9 Å². The van der Waals surface area contributed by atoms with Gasteiger partial charge in [-0.05, 0) is 24.6 Å². The smallest absolute Gasteiger partial charge is 0.226 e. The number of carbonyl (C=O) groups excluding carboxylic acids is 1. The van der Waals surface area contributed by atoms with Gasteiger partial charge in [0.2, 0.25) is 5.91 Å². The van der Waals surface area contributed by atoms with Crippen LogP contribution in [0, 0.1) is 11.6 Å². The number of oxazole rings is 1. The summed E-state index contributed by atoms with van der Waals surface area (Å²) in [5.74, 6) is -0.757. The normalized spacial score (nSPS) is 10.9. The quantitative estimate of drug-likeness (QED) is 0.412. The van der Waals surface area contributed by atoms with Crippen molar-refractivity contribution in [2.45, 2.75) is 19.3 Å². The lowest BCUT2D eigenvalue weighted by Gasteiger charge is -2.01. The molecule has 0 atom stereocenters. The molecule has 0 unspecified atom stereocenters. The van der Waals surface area contributed by atoms with Crippen molar-refractivity contribution in [3.05, 3.63) is 77.6 Å². The molecule has 5 nitrogen and oxygen atoms in total. The zero-order valence-corrected chi connectivity index (χ0v) is 16.6. The Balaban J connectivity index is 1.28. The highest BCUT2D eigenvalue weighted by molar-refractivity contribution is 7.14. The van der Waals surface area contributed by atoms with Crippen molar-refractivity contribution in [2.75, 3.05) is 5.32 Å². The highest BCUT2D eigenvalue weighted by atomic mass is 32.1. The SMILES string of the molecule is O=C(CCCc1ncc(-c2ccccc2)o1)Nc1nc(-c2ccc(F)c(F)c2)cs1. The lowest BCUT2D eigenvalue weighted by atomic mass is 10.2. The fourth-order valence-corrected chi connectivity index (χ4v) is 3.60. The number of amides is 1. The molecule has 4 rings (SSSR count). The van der Waals surface area contributed by atoms with E-state index in [1.807, 2.05) is 30.3 Å². The van der Waals surface area contributed by atoms with E-state index in [0.717, 1.165) is 17.7 Å². The maximum atomic E-state index is 13.4. The molecule has 0 saturated heterocycles. The number of carbonyl (C=O) groups is 1. The number of nitrogens with zero attached hydrogens (tertiary/aromatic N) is 2. The summed E-state index contributed by atoms with van der Waals surface area (Å²) in [6, 6.07) is 13.3. The van der Waals surface area contributed by atoms with Crippen LogP contribution in [0.5, 0.6) is 0 Å². The minimum absolute atomic E-state index is 0.184. The molecule has 1 N–H and O–H groups in total. The molecule has 0 aliphatic carbocycles. The highest BCUT2D eigenvalue weighted by Gasteiger charge is 2.11. The highest BCUT2D eigenvalue weighted by Crippen LogP contribution is 2.26. The van der Waals surface area contributed by atoms with Crippen LogP contribution in [0.2, 0.25) is 0 Å². The number of halogens is 2. The molecule has 0 bridgehead atoms.